The van der Waals surface area contributed by atoms with Crippen LogP contribution in [-0.2, 0) is 0 Å². The highest BCUT2D eigenvalue weighted by Crippen LogP contribution is 2.30. The zero-order valence-corrected chi connectivity index (χ0v) is 11.5. The van der Waals surface area contributed by atoms with E-state index in [1.54, 1.807) is 4.90 Å². The van der Waals surface area contributed by atoms with Crippen molar-refractivity contribution in [3.05, 3.63) is 38.9 Å². The van der Waals surface area contributed by atoms with Gasteiger partial charge in [-0.2, -0.15) is 0 Å². The summed E-state index contributed by atoms with van der Waals surface area (Å²) in [6, 6.07) is 4.23. The number of nitrogens with zero attached hydrogens (tertiary/aromatic N) is 2. The normalized spacial score (nSPS) is 18.3. The molecule has 6 nitrogen and oxygen atoms in total. The molecule has 1 amide bonds. The number of rotatable bonds is 4. The van der Waals surface area contributed by atoms with Gasteiger partial charge in [0, 0.05) is 25.8 Å². The van der Waals surface area contributed by atoms with E-state index >= 15 is 0 Å². The molecule has 0 aromatic heterocycles. The third kappa shape index (κ3) is 2.91. The monoisotopic (exact) mass is 298 g/mol. The van der Waals surface area contributed by atoms with Crippen LogP contribution >= 0.6 is 11.6 Å². The van der Waals surface area contributed by atoms with Crippen molar-refractivity contribution >= 4 is 23.2 Å². The molecule has 0 spiro atoms. The number of nitro benzene ring substituents is 1. The first kappa shape index (κ1) is 14.7. The molecule has 0 saturated carbocycles. The Kier molecular flexibility index (Phi) is 4.57. The zero-order valence-electron chi connectivity index (χ0n) is 10.8. The molecule has 1 atom stereocenters. The third-order valence-electron chi connectivity index (χ3n) is 3.52. The summed E-state index contributed by atoms with van der Waals surface area (Å²) in [7, 11) is 0. The number of hydrogen-bond donors (Lipinski definition) is 1. The fraction of sp³-hybridized carbons (Fsp3) is 0.462. The van der Waals surface area contributed by atoms with E-state index in [4.69, 9.17) is 16.7 Å². The Balaban J connectivity index is 2.18. The van der Waals surface area contributed by atoms with E-state index in [2.05, 4.69) is 0 Å². The highest BCUT2D eigenvalue weighted by atomic mass is 35.5. The molecule has 108 valence electrons. The molecule has 1 aromatic carbocycles. The second kappa shape index (κ2) is 6.19. The molecule has 7 heteroatoms. The number of aliphatic hydroxyl groups excluding tert-OH is 1. The van der Waals surface area contributed by atoms with Crippen molar-refractivity contribution < 1.29 is 14.8 Å². The van der Waals surface area contributed by atoms with E-state index < -0.39 is 4.92 Å². The van der Waals surface area contributed by atoms with Crippen LogP contribution < -0.4 is 0 Å². The summed E-state index contributed by atoms with van der Waals surface area (Å²) in [5, 5.41) is 19.6. The molecule has 1 fully saturated rings. The number of nitro groups is 1. The summed E-state index contributed by atoms with van der Waals surface area (Å²) in [6.07, 6.45) is 1.49. The lowest BCUT2D eigenvalue weighted by Gasteiger charge is -2.17. The Hall–Kier alpha value is -1.66. The van der Waals surface area contributed by atoms with Crippen LogP contribution in [0.15, 0.2) is 18.2 Å². The van der Waals surface area contributed by atoms with Gasteiger partial charge in [-0.05, 0) is 24.8 Å². The average molecular weight is 299 g/mol. The molecule has 1 N–H and O–H groups in total. The van der Waals surface area contributed by atoms with Gasteiger partial charge in [0.2, 0.25) is 0 Å². The Morgan fingerprint density at radius 1 is 1.55 bits per heavy atom. The van der Waals surface area contributed by atoms with Gasteiger partial charge in [0.1, 0.15) is 5.02 Å². The van der Waals surface area contributed by atoms with Crippen molar-refractivity contribution in [3.8, 4) is 0 Å². The Morgan fingerprint density at radius 3 is 2.95 bits per heavy atom. The van der Waals surface area contributed by atoms with Gasteiger partial charge in [-0.15, -0.1) is 0 Å². The standard InChI is InChI=1S/C13H15ClN2O4/c14-12-10(2-1-3-11(12)16(19)20)13(18)15-6-4-9(8-15)5-7-17/h1-3,9,17H,4-8H2. The van der Waals surface area contributed by atoms with Gasteiger partial charge in [0.05, 0.1) is 10.5 Å². The Bertz CT molecular complexity index is 535. The second-order valence-corrected chi connectivity index (χ2v) is 5.19. The summed E-state index contributed by atoms with van der Waals surface area (Å²) >= 11 is 5.95. The molecule has 1 aromatic rings. The molecule has 1 aliphatic rings. The van der Waals surface area contributed by atoms with Crippen LogP contribution in [0.2, 0.25) is 5.02 Å². The van der Waals surface area contributed by atoms with Crippen LogP contribution in [0.4, 0.5) is 5.69 Å². The van der Waals surface area contributed by atoms with Crippen LogP contribution in [0, 0.1) is 16.0 Å². The first-order valence-electron chi connectivity index (χ1n) is 6.37. The molecule has 1 aliphatic heterocycles. The summed E-state index contributed by atoms with van der Waals surface area (Å²) in [5.41, 5.74) is -0.103. The highest BCUT2D eigenvalue weighted by molar-refractivity contribution is 6.35. The predicted molar refractivity (Wildman–Crippen MR) is 73.8 cm³/mol. The molecule has 0 radical (unpaired) electrons. The van der Waals surface area contributed by atoms with Crippen LogP contribution in [0.1, 0.15) is 23.2 Å². The van der Waals surface area contributed by atoms with E-state index in [1.807, 2.05) is 0 Å². The van der Waals surface area contributed by atoms with E-state index in [0.29, 0.717) is 19.5 Å². The Labute approximate surface area is 121 Å². The number of halogens is 1. The molecule has 0 bridgehead atoms. The minimum atomic E-state index is -0.600. The first-order valence-corrected chi connectivity index (χ1v) is 6.75. The molecular formula is C13H15ClN2O4. The van der Waals surface area contributed by atoms with Crippen molar-refractivity contribution in [1.29, 1.82) is 0 Å². The van der Waals surface area contributed by atoms with Crippen molar-refractivity contribution in [2.45, 2.75) is 12.8 Å². The molecule has 1 saturated heterocycles. The number of aliphatic hydroxyl groups is 1. The zero-order chi connectivity index (χ0) is 14.7. The molecule has 20 heavy (non-hydrogen) atoms. The van der Waals surface area contributed by atoms with Crippen molar-refractivity contribution in [2.24, 2.45) is 5.92 Å². The second-order valence-electron chi connectivity index (χ2n) is 4.81. The van der Waals surface area contributed by atoms with Crippen LogP contribution in [-0.4, -0.2) is 40.5 Å². The lowest BCUT2D eigenvalue weighted by molar-refractivity contribution is -0.384. The minimum absolute atomic E-state index is 0.101. The molecular weight excluding hydrogens is 284 g/mol. The van der Waals surface area contributed by atoms with E-state index in [9.17, 15) is 14.9 Å². The molecule has 0 aliphatic carbocycles. The summed E-state index contributed by atoms with van der Waals surface area (Å²) in [4.78, 5) is 24.2. The SMILES string of the molecule is O=C(c1cccc([N+](=O)[O-])c1Cl)N1CCC(CCO)C1. The quantitative estimate of drug-likeness (QED) is 0.681. The maximum atomic E-state index is 12.3. The lowest BCUT2D eigenvalue weighted by atomic mass is 10.1. The molecule has 1 unspecified atom stereocenters. The van der Waals surface area contributed by atoms with Crippen molar-refractivity contribution in [2.75, 3.05) is 19.7 Å². The number of hydrogen-bond acceptors (Lipinski definition) is 4. The first-order chi connectivity index (χ1) is 9.54. The smallest absolute Gasteiger partial charge is 0.288 e. The fourth-order valence-corrected chi connectivity index (χ4v) is 2.71. The van der Waals surface area contributed by atoms with E-state index in [1.165, 1.54) is 18.2 Å². The molecule has 1 heterocycles. The van der Waals surface area contributed by atoms with Gasteiger partial charge >= 0.3 is 0 Å². The third-order valence-corrected chi connectivity index (χ3v) is 3.91. The van der Waals surface area contributed by atoms with Gasteiger partial charge in [-0.1, -0.05) is 17.7 Å². The van der Waals surface area contributed by atoms with Crippen LogP contribution in [0.5, 0.6) is 0 Å². The maximum absolute atomic E-state index is 12.3. The van der Waals surface area contributed by atoms with Crippen molar-refractivity contribution in [1.82, 2.24) is 4.90 Å². The van der Waals surface area contributed by atoms with E-state index in [-0.39, 0.29) is 34.7 Å². The summed E-state index contributed by atoms with van der Waals surface area (Å²) < 4.78 is 0. The number of carbonyl (C=O) groups is 1. The predicted octanol–water partition coefficient (Wildman–Crippen LogP) is 2.09. The fourth-order valence-electron chi connectivity index (χ4n) is 2.43. The number of benzene rings is 1. The highest BCUT2D eigenvalue weighted by Gasteiger charge is 2.29. The van der Waals surface area contributed by atoms with Gasteiger partial charge in [0.25, 0.3) is 11.6 Å². The topological polar surface area (TPSA) is 83.7 Å². The average Bonchev–Trinajstić information content (AvgIpc) is 2.87. The lowest BCUT2D eigenvalue weighted by Crippen LogP contribution is -2.29. The largest absolute Gasteiger partial charge is 0.396 e. The number of carbonyl (C=O) groups excluding carboxylic acids is 1. The minimum Gasteiger partial charge on any atom is -0.396 e. The number of amides is 1. The van der Waals surface area contributed by atoms with Crippen LogP contribution in [0.3, 0.4) is 0 Å². The van der Waals surface area contributed by atoms with Gasteiger partial charge in [0.15, 0.2) is 0 Å². The van der Waals surface area contributed by atoms with E-state index in [0.717, 1.165) is 6.42 Å². The number of likely N-dealkylation sites (tertiary alicyclic amines) is 1. The van der Waals surface area contributed by atoms with Crippen molar-refractivity contribution in [3.63, 3.8) is 0 Å². The van der Waals surface area contributed by atoms with Gasteiger partial charge in [-0.25, -0.2) is 0 Å². The molecule has 2 rings (SSSR count). The van der Waals surface area contributed by atoms with Gasteiger partial charge in [-0.3, -0.25) is 14.9 Å². The summed E-state index contributed by atoms with van der Waals surface area (Å²) in [5.74, 6) is -0.0134. The van der Waals surface area contributed by atoms with Gasteiger partial charge < -0.3 is 10.0 Å². The Morgan fingerprint density at radius 2 is 2.30 bits per heavy atom. The maximum Gasteiger partial charge on any atom is 0.288 e. The summed E-state index contributed by atoms with van der Waals surface area (Å²) in [6.45, 7) is 1.24. The van der Waals surface area contributed by atoms with Crippen LogP contribution in [0.25, 0.3) is 0 Å².